The Morgan fingerprint density at radius 1 is 1.40 bits per heavy atom. The summed E-state index contributed by atoms with van der Waals surface area (Å²) in [6.45, 7) is 12.0. The highest BCUT2D eigenvalue weighted by Crippen LogP contribution is 2.63. The average molecular weight is 282 g/mol. The zero-order valence-electron chi connectivity index (χ0n) is 13.6. The average Bonchev–Trinajstić information content (AvgIpc) is 2.69. The standard InChI is InChI=1S/C16H30N2O2/c1-11(2)17-9-13(19)10-20-18-14-8-12-6-7-16(14,5)15(12,3)4/h11-13,17,19H,6-10H2,1-5H3/b18-14+/t12-,13-,16+/m1/s1. The van der Waals surface area contributed by atoms with Crippen LogP contribution in [0.5, 0.6) is 0 Å². The third kappa shape index (κ3) is 2.73. The number of rotatable bonds is 6. The Kier molecular flexibility index (Phi) is 4.45. The zero-order chi connectivity index (χ0) is 15.0. The quantitative estimate of drug-likeness (QED) is 0.736. The summed E-state index contributed by atoms with van der Waals surface area (Å²) in [7, 11) is 0. The van der Waals surface area contributed by atoms with Crippen LogP contribution in [0.4, 0.5) is 0 Å². The van der Waals surface area contributed by atoms with E-state index in [-0.39, 0.29) is 12.0 Å². The van der Waals surface area contributed by atoms with Gasteiger partial charge in [-0.15, -0.1) is 0 Å². The first-order valence-electron chi connectivity index (χ1n) is 7.88. The molecule has 0 heterocycles. The molecule has 3 atom stereocenters. The van der Waals surface area contributed by atoms with E-state index in [4.69, 9.17) is 4.84 Å². The number of oxime groups is 1. The van der Waals surface area contributed by atoms with Gasteiger partial charge in [-0.05, 0) is 30.6 Å². The van der Waals surface area contributed by atoms with E-state index in [9.17, 15) is 5.11 Å². The SMILES string of the molecule is CC(C)NC[C@@H](O)CO/N=C1\C[C@H]2CC[C@]1(C)C2(C)C. The molecular weight excluding hydrogens is 252 g/mol. The van der Waals surface area contributed by atoms with Gasteiger partial charge in [-0.25, -0.2) is 0 Å². The lowest BCUT2D eigenvalue weighted by Gasteiger charge is -2.34. The molecule has 2 saturated carbocycles. The third-order valence-corrected chi connectivity index (χ3v) is 5.72. The molecular formula is C16H30N2O2. The molecule has 2 aliphatic rings. The molecule has 0 aromatic carbocycles. The maximum atomic E-state index is 9.81. The van der Waals surface area contributed by atoms with Gasteiger partial charge in [0.2, 0.25) is 0 Å². The van der Waals surface area contributed by atoms with Gasteiger partial charge < -0.3 is 15.3 Å². The van der Waals surface area contributed by atoms with Crippen LogP contribution in [-0.2, 0) is 4.84 Å². The van der Waals surface area contributed by atoms with Gasteiger partial charge in [0, 0.05) is 18.0 Å². The summed E-state index contributed by atoms with van der Waals surface area (Å²) in [6.07, 6.45) is 3.08. The van der Waals surface area contributed by atoms with E-state index in [1.165, 1.54) is 18.6 Å². The van der Waals surface area contributed by atoms with Crippen LogP contribution in [-0.4, -0.2) is 36.1 Å². The molecule has 0 amide bonds. The predicted octanol–water partition coefficient (Wildman–Crippen LogP) is 2.56. The molecule has 2 rings (SSSR count). The van der Waals surface area contributed by atoms with Crippen molar-refractivity contribution in [2.75, 3.05) is 13.2 Å². The van der Waals surface area contributed by atoms with Crippen LogP contribution >= 0.6 is 0 Å². The first-order valence-corrected chi connectivity index (χ1v) is 7.88. The topological polar surface area (TPSA) is 53.8 Å². The molecule has 20 heavy (non-hydrogen) atoms. The van der Waals surface area contributed by atoms with Crippen LogP contribution in [0.3, 0.4) is 0 Å². The molecule has 2 fully saturated rings. The number of nitrogens with zero attached hydrogens (tertiary/aromatic N) is 1. The lowest BCUT2D eigenvalue weighted by molar-refractivity contribution is 0.0374. The minimum Gasteiger partial charge on any atom is -0.393 e. The zero-order valence-corrected chi connectivity index (χ0v) is 13.6. The lowest BCUT2D eigenvalue weighted by Crippen LogP contribution is -2.35. The molecule has 2 aliphatic carbocycles. The number of aliphatic hydroxyl groups excluding tert-OH is 1. The van der Waals surface area contributed by atoms with Crippen molar-refractivity contribution in [3.8, 4) is 0 Å². The van der Waals surface area contributed by atoms with Crippen LogP contribution in [0.25, 0.3) is 0 Å². The maximum Gasteiger partial charge on any atom is 0.144 e. The van der Waals surface area contributed by atoms with Crippen LogP contribution < -0.4 is 5.32 Å². The van der Waals surface area contributed by atoms with Crippen molar-refractivity contribution in [1.82, 2.24) is 5.32 Å². The van der Waals surface area contributed by atoms with Crippen LogP contribution in [0.1, 0.15) is 53.9 Å². The van der Waals surface area contributed by atoms with Crippen molar-refractivity contribution in [3.63, 3.8) is 0 Å². The molecule has 0 aromatic rings. The fraction of sp³-hybridized carbons (Fsp3) is 0.938. The molecule has 0 radical (unpaired) electrons. The molecule has 2 N–H and O–H groups in total. The van der Waals surface area contributed by atoms with E-state index in [0.717, 1.165) is 12.3 Å². The van der Waals surface area contributed by atoms with Crippen molar-refractivity contribution >= 4 is 5.71 Å². The van der Waals surface area contributed by atoms with Gasteiger partial charge in [-0.1, -0.05) is 39.8 Å². The van der Waals surface area contributed by atoms with E-state index < -0.39 is 6.10 Å². The van der Waals surface area contributed by atoms with E-state index >= 15 is 0 Å². The molecule has 2 bridgehead atoms. The Bertz CT molecular complexity index is 379. The largest absolute Gasteiger partial charge is 0.393 e. The molecule has 0 spiro atoms. The van der Waals surface area contributed by atoms with Crippen LogP contribution in [0, 0.1) is 16.7 Å². The molecule has 0 unspecified atom stereocenters. The summed E-state index contributed by atoms with van der Waals surface area (Å²) in [5.41, 5.74) is 1.70. The van der Waals surface area contributed by atoms with E-state index in [0.29, 0.717) is 18.0 Å². The van der Waals surface area contributed by atoms with E-state index in [1.807, 2.05) is 0 Å². The minimum atomic E-state index is -0.499. The summed E-state index contributed by atoms with van der Waals surface area (Å²) in [5, 5.41) is 17.4. The van der Waals surface area contributed by atoms with Gasteiger partial charge in [0.1, 0.15) is 12.7 Å². The van der Waals surface area contributed by atoms with Gasteiger partial charge in [0.25, 0.3) is 0 Å². The fourth-order valence-electron chi connectivity index (χ4n) is 3.70. The second-order valence-electron chi connectivity index (χ2n) is 7.54. The summed E-state index contributed by atoms with van der Waals surface area (Å²) >= 11 is 0. The molecule has 4 heteroatoms. The van der Waals surface area contributed by atoms with E-state index in [1.54, 1.807) is 0 Å². The summed E-state index contributed by atoms with van der Waals surface area (Å²) in [6, 6.07) is 0.376. The Morgan fingerprint density at radius 2 is 2.10 bits per heavy atom. The Morgan fingerprint density at radius 3 is 2.60 bits per heavy atom. The maximum absolute atomic E-state index is 9.81. The highest BCUT2D eigenvalue weighted by Gasteiger charge is 2.60. The van der Waals surface area contributed by atoms with Crippen LogP contribution in [0.15, 0.2) is 5.16 Å². The molecule has 0 saturated heterocycles. The monoisotopic (exact) mass is 282 g/mol. The number of hydrogen-bond donors (Lipinski definition) is 2. The number of hydrogen-bond acceptors (Lipinski definition) is 4. The predicted molar refractivity (Wildman–Crippen MR) is 81.8 cm³/mol. The minimum absolute atomic E-state index is 0.179. The Balaban J connectivity index is 1.85. The molecule has 0 aromatic heterocycles. The van der Waals surface area contributed by atoms with Gasteiger partial charge in [0.15, 0.2) is 0 Å². The smallest absolute Gasteiger partial charge is 0.144 e. The van der Waals surface area contributed by atoms with E-state index in [2.05, 4.69) is 45.1 Å². The molecule has 0 aliphatic heterocycles. The van der Waals surface area contributed by atoms with Gasteiger partial charge in [-0.2, -0.15) is 0 Å². The third-order valence-electron chi connectivity index (χ3n) is 5.72. The Labute approximate surface area is 123 Å². The first kappa shape index (κ1) is 15.8. The van der Waals surface area contributed by atoms with Crippen molar-refractivity contribution < 1.29 is 9.94 Å². The van der Waals surface area contributed by atoms with Crippen molar-refractivity contribution in [2.24, 2.45) is 21.9 Å². The van der Waals surface area contributed by atoms with Crippen molar-refractivity contribution in [1.29, 1.82) is 0 Å². The summed E-state index contributed by atoms with van der Waals surface area (Å²) in [4.78, 5) is 5.42. The highest BCUT2D eigenvalue weighted by atomic mass is 16.6. The number of fused-ring (bicyclic) bond motifs is 2. The summed E-state index contributed by atoms with van der Waals surface area (Å²) in [5.74, 6) is 0.738. The van der Waals surface area contributed by atoms with Crippen LogP contribution in [0.2, 0.25) is 0 Å². The van der Waals surface area contributed by atoms with Crippen molar-refractivity contribution in [2.45, 2.75) is 66.0 Å². The number of nitrogens with one attached hydrogen (secondary N) is 1. The van der Waals surface area contributed by atoms with Gasteiger partial charge in [-0.3, -0.25) is 0 Å². The van der Waals surface area contributed by atoms with Crippen molar-refractivity contribution in [3.05, 3.63) is 0 Å². The highest BCUT2D eigenvalue weighted by molar-refractivity contribution is 5.93. The van der Waals surface area contributed by atoms with Gasteiger partial charge >= 0.3 is 0 Å². The second kappa shape index (κ2) is 5.64. The lowest BCUT2D eigenvalue weighted by atomic mass is 9.70. The number of aliphatic hydroxyl groups is 1. The van der Waals surface area contributed by atoms with Gasteiger partial charge in [0.05, 0.1) is 5.71 Å². The fourth-order valence-corrected chi connectivity index (χ4v) is 3.70. The second-order valence-corrected chi connectivity index (χ2v) is 7.54. The normalized spacial score (nSPS) is 35.0. The summed E-state index contributed by atoms with van der Waals surface area (Å²) < 4.78 is 0. The molecule has 116 valence electrons. The Hall–Kier alpha value is -0.610. The first-order chi connectivity index (χ1) is 9.27. The molecule has 4 nitrogen and oxygen atoms in total.